The molecule has 0 aliphatic carbocycles. The molecule has 0 amide bonds. The lowest BCUT2D eigenvalue weighted by Gasteiger charge is -2.19. The van der Waals surface area contributed by atoms with Gasteiger partial charge < -0.3 is 5.11 Å². The molecule has 1 N–H and O–H groups in total. The van der Waals surface area contributed by atoms with Crippen LogP contribution in [0.25, 0.3) is 0 Å². The summed E-state index contributed by atoms with van der Waals surface area (Å²) >= 11 is 11.8. The smallest absolute Gasteiger partial charge is 0.178 e. The minimum absolute atomic E-state index is 0.0311. The van der Waals surface area contributed by atoms with Gasteiger partial charge in [-0.2, -0.15) is 0 Å². The van der Waals surface area contributed by atoms with E-state index >= 15 is 0 Å². The van der Waals surface area contributed by atoms with Crippen molar-refractivity contribution in [1.82, 2.24) is 4.90 Å². The van der Waals surface area contributed by atoms with Gasteiger partial charge in [0.15, 0.2) is 5.78 Å². The van der Waals surface area contributed by atoms with Gasteiger partial charge in [0.1, 0.15) is 0 Å². The molecular formula is C13H17Cl2NO2. The van der Waals surface area contributed by atoms with Crippen molar-refractivity contribution in [3.63, 3.8) is 0 Å². The van der Waals surface area contributed by atoms with E-state index in [0.29, 0.717) is 35.1 Å². The lowest BCUT2D eigenvalue weighted by Crippen LogP contribution is -2.31. The van der Waals surface area contributed by atoms with Crippen molar-refractivity contribution >= 4 is 29.0 Å². The van der Waals surface area contributed by atoms with Gasteiger partial charge in [-0.3, -0.25) is 9.69 Å². The van der Waals surface area contributed by atoms with Crippen LogP contribution in [0.15, 0.2) is 18.2 Å². The number of ketones is 1. The lowest BCUT2D eigenvalue weighted by molar-refractivity contribution is 0.0928. The molecule has 0 fully saturated rings. The number of hydrogen-bond donors (Lipinski definition) is 1. The second kappa shape index (κ2) is 7.74. The molecular weight excluding hydrogens is 273 g/mol. The zero-order valence-corrected chi connectivity index (χ0v) is 11.8. The molecule has 0 aliphatic rings. The van der Waals surface area contributed by atoms with Gasteiger partial charge in [-0.1, -0.05) is 30.1 Å². The molecule has 0 unspecified atom stereocenters. The summed E-state index contributed by atoms with van der Waals surface area (Å²) < 4.78 is 0. The van der Waals surface area contributed by atoms with E-state index < -0.39 is 0 Å². The van der Waals surface area contributed by atoms with Crippen LogP contribution < -0.4 is 0 Å². The number of hydrogen-bond acceptors (Lipinski definition) is 3. The first-order valence-corrected chi connectivity index (χ1v) is 6.65. The average Bonchev–Trinajstić information content (AvgIpc) is 2.34. The van der Waals surface area contributed by atoms with E-state index in [0.717, 1.165) is 6.54 Å². The van der Waals surface area contributed by atoms with E-state index in [1.807, 2.05) is 11.8 Å². The van der Waals surface area contributed by atoms with Gasteiger partial charge in [0.2, 0.25) is 0 Å². The van der Waals surface area contributed by atoms with Crippen molar-refractivity contribution in [2.75, 3.05) is 26.2 Å². The molecule has 0 saturated heterocycles. The van der Waals surface area contributed by atoms with E-state index in [-0.39, 0.29) is 12.4 Å². The zero-order chi connectivity index (χ0) is 13.5. The number of nitrogens with zero attached hydrogens (tertiary/aromatic N) is 1. The van der Waals surface area contributed by atoms with Gasteiger partial charge in [0.05, 0.1) is 11.6 Å². The Bertz CT molecular complexity index is 410. The van der Waals surface area contributed by atoms with Crippen LogP contribution in [0.5, 0.6) is 0 Å². The lowest BCUT2D eigenvalue weighted by atomic mass is 10.1. The summed E-state index contributed by atoms with van der Waals surface area (Å²) in [5, 5.41) is 9.69. The Morgan fingerprint density at radius 2 is 2.11 bits per heavy atom. The molecule has 1 rings (SSSR count). The quantitative estimate of drug-likeness (QED) is 0.785. The Hall–Kier alpha value is -0.610. The highest BCUT2D eigenvalue weighted by Crippen LogP contribution is 2.21. The molecule has 0 bridgehead atoms. The number of aliphatic hydroxyl groups excluding tert-OH is 1. The van der Waals surface area contributed by atoms with Gasteiger partial charge in [-0.05, 0) is 31.2 Å². The predicted molar refractivity (Wildman–Crippen MR) is 74.6 cm³/mol. The van der Waals surface area contributed by atoms with Crippen LogP contribution in [0.4, 0.5) is 0 Å². The standard InChI is InChI=1S/C13H17Cl2NO2/c1-2-16(6-3-7-17)9-13(18)11-5-4-10(14)8-12(11)15/h4-5,8,17H,2-3,6-7,9H2,1H3. The van der Waals surface area contributed by atoms with Crippen LogP contribution in [-0.2, 0) is 0 Å². The highest BCUT2D eigenvalue weighted by molar-refractivity contribution is 6.36. The molecule has 0 radical (unpaired) electrons. The third-order valence-corrected chi connectivity index (χ3v) is 3.23. The molecule has 3 nitrogen and oxygen atoms in total. The first kappa shape index (κ1) is 15.4. The summed E-state index contributed by atoms with van der Waals surface area (Å²) in [6, 6.07) is 4.87. The van der Waals surface area contributed by atoms with Gasteiger partial charge in [0, 0.05) is 23.7 Å². The Kier molecular flexibility index (Phi) is 6.65. The molecule has 5 heteroatoms. The van der Waals surface area contributed by atoms with Crippen LogP contribution in [0.2, 0.25) is 10.0 Å². The molecule has 0 atom stereocenters. The number of halogens is 2. The zero-order valence-electron chi connectivity index (χ0n) is 10.3. The van der Waals surface area contributed by atoms with Gasteiger partial charge in [-0.15, -0.1) is 0 Å². The predicted octanol–water partition coefficient (Wildman–Crippen LogP) is 2.88. The second-order valence-electron chi connectivity index (χ2n) is 3.99. The maximum absolute atomic E-state index is 12.1. The second-order valence-corrected chi connectivity index (χ2v) is 4.84. The fourth-order valence-electron chi connectivity index (χ4n) is 1.65. The average molecular weight is 290 g/mol. The van der Waals surface area contributed by atoms with Crippen molar-refractivity contribution in [3.8, 4) is 0 Å². The molecule has 0 saturated carbocycles. The van der Waals surface area contributed by atoms with Crippen LogP contribution >= 0.6 is 23.2 Å². The molecule has 0 heterocycles. The molecule has 0 aliphatic heterocycles. The van der Waals surface area contributed by atoms with Gasteiger partial charge >= 0.3 is 0 Å². The van der Waals surface area contributed by atoms with Crippen molar-refractivity contribution in [2.45, 2.75) is 13.3 Å². The van der Waals surface area contributed by atoms with Crippen LogP contribution in [-0.4, -0.2) is 42.0 Å². The van der Waals surface area contributed by atoms with E-state index in [1.54, 1.807) is 18.2 Å². The third kappa shape index (κ3) is 4.58. The number of Topliss-reactive ketones (excluding diaryl/α,β-unsaturated/α-hetero) is 1. The third-order valence-electron chi connectivity index (χ3n) is 2.68. The number of likely N-dealkylation sites (N-methyl/N-ethyl adjacent to an activating group) is 1. The van der Waals surface area contributed by atoms with Crippen molar-refractivity contribution in [3.05, 3.63) is 33.8 Å². The Balaban J connectivity index is 2.68. The number of aliphatic hydroxyl groups is 1. The summed E-state index contributed by atoms with van der Waals surface area (Å²) in [5.74, 6) is -0.0311. The first-order valence-electron chi connectivity index (χ1n) is 5.90. The van der Waals surface area contributed by atoms with Crippen molar-refractivity contribution < 1.29 is 9.90 Å². The highest BCUT2D eigenvalue weighted by Gasteiger charge is 2.14. The minimum atomic E-state index is -0.0311. The summed E-state index contributed by atoms with van der Waals surface area (Å²) in [7, 11) is 0. The molecule has 0 aromatic heterocycles. The van der Waals surface area contributed by atoms with Crippen molar-refractivity contribution in [2.24, 2.45) is 0 Å². The van der Waals surface area contributed by atoms with Crippen LogP contribution in [0, 0.1) is 0 Å². The van der Waals surface area contributed by atoms with Gasteiger partial charge in [0.25, 0.3) is 0 Å². The Morgan fingerprint density at radius 1 is 1.39 bits per heavy atom. The molecule has 1 aromatic rings. The largest absolute Gasteiger partial charge is 0.396 e. The summed E-state index contributed by atoms with van der Waals surface area (Å²) in [6.45, 7) is 3.87. The van der Waals surface area contributed by atoms with E-state index in [2.05, 4.69) is 0 Å². The van der Waals surface area contributed by atoms with E-state index in [9.17, 15) is 4.79 Å². The molecule has 100 valence electrons. The number of rotatable bonds is 7. The van der Waals surface area contributed by atoms with Crippen LogP contribution in [0.1, 0.15) is 23.7 Å². The normalized spacial score (nSPS) is 10.9. The SMILES string of the molecule is CCN(CCCO)CC(=O)c1ccc(Cl)cc1Cl. The number of carbonyl (C=O) groups is 1. The molecule has 18 heavy (non-hydrogen) atoms. The fraction of sp³-hybridized carbons (Fsp3) is 0.462. The topological polar surface area (TPSA) is 40.5 Å². The maximum atomic E-state index is 12.1. The molecule has 1 aromatic carbocycles. The Labute approximate surface area is 117 Å². The summed E-state index contributed by atoms with van der Waals surface area (Å²) in [5.41, 5.74) is 0.489. The summed E-state index contributed by atoms with van der Waals surface area (Å²) in [6.07, 6.45) is 0.662. The highest BCUT2D eigenvalue weighted by atomic mass is 35.5. The monoisotopic (exact) mass is 289 g/mol. The van der Waals surface area contributed by atoms with E-state index in [1.165, 1.54) is 0 Å². The minimum Gasteiger partial charge on any atom is -0.396 e. The number of benzene rings is 1. The Morgan fingerprint density at radius 3 is 2.67 bits per heavy atom. The number of carbonyl (C=O) groups excluding carboxylic acids is 1. The van der Waals surface area contributed by atoms with Gasteiger partial charge in [-0.25, -0.2) is 0 Å². The molecule has 0 spiro atoms. The summed E-state index contributed by atoms with van der Waals surface area (Å²) in [4.78, 5) is 14.1. The van der Waals surface area contributed by atoms with Crippen molar-refractivity contribution in [1.29, 1.82) is 0 Å². The van der Waals surface area contributed by atoms with Crippen LogP contribution in [0.3, 0.4) is 0 Å². The maximum Gasteiger partial charge on any atom is 0.178 e. The first-order chi connectivity index (χ1) is 8.58. The van der Waals surface area contributed by atoms with E-state index in [4.69, 9.17) is 28.3 Å². The fourth-order valence-corrected chi connectivity index (χ4v) is 2.16.